The van der Waals surface area contributed by atoms with Gasteiger partial charge in [0.05, 0.1) is 10.5 Å². The number of hydrogen-bond donors (Lipinski definition) is 0. The van der Waals surface area contributed by atoms with Crippen LogP contribution in [0.1, 0.15) is 5.82 Å². The highest BCUT2D eigenvalue weighted by Crippen LogP contribution is 2.24. The first-order valence-electron chi connectivity index (χ1n) is 5.04. The van der Waals surface area contributed by atoms with Crippen molar-refractivity contribution in [3.63, 3.8) is 0 Å². The Morgan fingerprint density at radius 3 is 2.75 bits per heavy atom. The molecule has 16 heavy (non-hydrogen) atoms. The zero-order valence-corrected chi connectivity index (χ0v) is 10.8. The van der Waals surface area contributed by atoms with E-state index in [1.165, 1.54) is 0 Å². The molecule has 2 aromatic rings. The number of rotatable bonds is 3. The minimum atomic E-state index is 0.550. The summed E-state index contributed by atoms with van der Waals surface area (Å²) in [4.78, 5) is 4.54. The Bertz CT molecular complexity index is 505. The fraction of sp³-hybridized carbons (Fsp3) is 0.364. The van der Waals surface area contributed by atoms with Gasteiger partial charge in [-0.2, -0.15) is 0 Å². The Labute approximate surface area is 105 Å². The van der Waals surface area contributed by atoms with Gasteiger partial charge in [0.2, 0.25) is 0 Å². The highest BCUT2D eigenvalue weighted by molar-refractivity contribution is 6.35. The Hall–Kier alpha value is -0.930. The largest absolute Gasteiger partial charge is 0.317 e. The van der Waals surface area contributed by atoms with Gasteiger partial charge < -0.3 is 5.01 Å². The molecule has 1 aromatic carbocycles. The molecule has 1 aromatic heterocycles. The van der Waals surface area contributed by atoms with Crippen molar-refractivity contribution >= 4 is 34.2 Å². The third-order valence-electron chi connectivity index (χ3n) is 2.39. The summed E-state index contributed by atoms with van der Waals surface area (Å²) in [5, 5.41) is 2.67. The molecular weight excluding hydrogens is 245 g/mol. The second-order valence-corrected chi connectivity index (χ2v) is 4.52. The Balaban J connectivity index is 2.72. The number of aromatic nitrogens is 2. The topological polar surface area (TPSA) is 21.1 Å². The highest BCUT2D eigenvalue weighted by Gasteiger charge is 2.13. The number of halogens is 2. The number of imidazole rings is 1. The van der Waals surface area contributed by atoms with Gasteiger partial charge in [0, 0.05) is 26.4 Å². The average Bonchev–Trinajstić information content (AvgIpc) is 2.58. The smallest absolute Gasteiger partial charge is 0.130 e. The average molecular weight is 258 g/mol. The van der Waals surface area contributed by atoms with Gasteiger partial charge in [-0.25, -0.2) is 9.66 Å². The van der Waals surface area contributed by atoms with Crippen LogP contribution in [0.25, 0.3) is 11.0 Å². The van der Waals surface area contributed by atoms with Gasteiger partial charge in [-0.05, 0) is 12.1 Å². The van der Waals surface area contributed by atoms with Crippen LogP contribution in [-0.2, 0) is 6.42 Å². The number of fused-ring (bicyclic) bond motifs is 1. The van der Waals surface area contributed by atoms with Crippen molar-refractivity contribution in [3.05, 3.63) is 29.0 Å². The molecule has 0 amide bonds. The summed E-state index contributed by atoms with van der Waals surface area (Å²) >= 11 is 12.0. The van der Waals surface area contributed by atoms with E-state index in [2.05, 4.69) is 4.98 Å². The lowest BCUT2D eigenvalue weighted by molar-refractivity contribution is 0.703. The molecule has 0 N–H and O–H groups in total. The van der Waals surface area contributed by atoms with Gasteiger partial charge in [0.1, 0.15) is 11.3 Å². The van der Waals surface area contributed by atoms with Crippen LogP contribution in [0.2, 0.25) is 5.02 Å². The van der Waals surface area contributed by atoms with Crippen molar-refractivity contribution in [1.29, 1.82) is 0 Å². The van der Waals surface area contributed by atoms with Gasteiger partial charge in [-0.3, -0.25) is 0 Å². The van der Waals surface area contributed by atoms with Crippen molar-refractivity contribution in [2.45, 2.75) is 6.42 Å². The molecule has 0 aliphatic heterocycles. The minimum Gasteiger partial charge on any atom is -0.317 e. The molecule has 0 fully saturated rings. The van der Waals surface area contributed by atoms with E-state index in [0.29, 0.717) is 10.9 Å². The number of para-hydroxylation sites is 1. The van der Waals surface area contributed by atoms with E-state index in [-0.39, 0.29) is 0 Å². The van der Waals surface area contributed by atoms with E-state index in [4.69, 9.17) is 23.2 Å². The lowest BCUT2D eigenvalue weighted by Crippen LogP contribution is -2.27. The first kappa shape index (κ1) is 11.6. The van der Waals surface area contributed by atoms with Gasteiger partial charge in [0.15, 0.2) is 0 Å². The molecule has 2 rings (SSSR count). The third-order valence-corrected chi connectivity index (χ3v) is 2.88. The van der Waals surface area contributed by atoms with Crippen LogP contribution in [0.5, 0.6) is 0 Å². The lowest BCUT2D eigenvalue weighted by Gasteiger charge is -2.18. The molecule has 0 bridgehead atoms. The number of aryl methyl sites for hydroxylation is 1. The molecule has 0 saturated carbocycles. The highest BCUT2D eigenvalue weighted by atomic mass is 35.5. The first-order chi connectivity index (χ1) is 7.65. The van der Waals surface area contributed by atoms with E-state index in [1.807, 2.05) is 42.0 Å². The van der Waals surface area contributed by atoms with Crippen molar-refractivity contribution in [2.24, 2.45) is 0 Å². The molecule has 1 heterocycles. The quantitative estimate of drug-likeness (QED) is 0.789. The molecule has 0 aliphatic carbocycles. The minimum absolute atomic E-state index is 0.550. The van der Waals surface area contributed by atoms with Crippen LogP contribution in [-0.4, -0.2) is 29.6 Å². The lowest BCUT2D eigenvalue weighted by atomic mass is 10.3. The van der Waals surface area contributed by atoms with Gasteiger partial charge in [-0.1, -0.05) is 17.7 Å². The van der Waals surface area contributed by atoms with Crippen LogP contribution in [0.4, 0.5) is 0 Å². The normalized spacial score (nSPS) is 11.0. The number of hydrogen-bond acceptors (Lipinski definition) is 2. The summed E-state index contributed by atoms with van der Waals surface area (Å²) in [5.74, 6) is 1.48. The molecule has 0 atom stereocenters. The van der Waals surface area contributed by atoms with Crippen molar-refractivity contribution < 1.29 is 0 Å². The maximum absolute atomic E-state index is 6.20. The van der Waals surface area contributed by atoms with Crippen molar-refractivity contribution in [2.75, 3.05) is 25.0 Å². The Morgan fingerprint density at radius 1 is 1.38 bits per heavy atom. The zero-order valence-electron chi connectivity index (χ0n) is 9.24. The molecule has 0 aliphatic rings. The fourth-order valence-corrected chi connectivity index (χ4v) is 2.22. The Morgan fingerprint density at radius 2 is 2.12 bits per heavy atom. The SMILES string of the molecule is CN(C)n1c(CCCl)nc2cccc(Cl)c21. The fourth-order valence-electron chi connectivity index (χ4n) is 1.80. The number of alkyl halides is 1. The maximum atomic E-state index is 6.20. The predicted molar refractivity (Wildman–Crippen MR) is 69.2 cm³/mol. The molecule has 0 saturated heterocycles. The monoisotopic (exact) mass is 257 g/mol. The summed E-state index contributed by atoms with van der Waals surface area (Å²) in [7, 11) is 3.92. The molecule has 3 nitrogen and oxygen atoms in total. The first-order valence-corrected chi connectivity index (χ1v) is 5.96. The van der Waals surface area contributed by atoms with Gasteiger partial charge >= 0.3 is 0 Å². The summed E-state index contributed by atoms with van der Waals surface area (Å²) < 4.78 is 2.00. The standard InChI is InChI=1S/C11H13Cl2N3/c1-15(2)16-10(6-7-12)14-9-5-3-4-8(13)11(9)16/h3-5H,6-7H2,1-2H3. The number of benzene rings is 1. The van der Waals surface area contributed by atoms with E-state index < -0.39 is 0 Å². The maximum Gasteiger partial charge on any atom is 0.130 e. The Kier molecular flexibility index (Phi) is 3.26. The molecule has 0 spiro atoms. The van der Waals surface area contributed by atoms with Crippen molar-refractivity contribution in [1.82, 2.24) is 9.66 Å². The summed E-state index contributed by atoms with van der Waals surface area (Å²) in [6, 6.07) is 5.73. The van der Waals surface area contributed by atoms with Crippen LogP contribution in [0.15, 0.2) is 18.2 Å². The van der Waals surface area contributed by atoms with Crippen molar-refractivity contribution in [3.8, 4) is 0 Å². The van der Waals surface area contributed by atoms with Gasteiger partial charge in [-0.15, -0.1) is 11.6 Å². The molecule has 5 heteroatoms. The summed E-state index contributed by atoms with van der Waals surface area (Å²) in [5.41, 5.74) is 1.84. The van der Waals surface area contributed by atoms with E-state index >= 15 is 0 Å². The van der Waals surface area contributed by atoms with E-state index in [9.17, 15) is 0 Å². The second kappa shape index (κ2) is 4.52. The van der Waals surface area contributed by atoms with Gasteiger partial charge in [0.25, 0.3) is 0 Å². The summed E-state index contributed by atoms with van der Waals surface area (Å²) in [6.07, 6.45) is 0.727. The molecule has 86 valence electrons. The van der Waals surface area contributed by atoms with Crippen LogP contribution < -0.4 is 5.01 Å². The molecule has 0 unspecified atom stereocenters. The second-order valence-electron chi connectivity index (χ2n) is 3.73. The summed E-state index contributed by atoms with van der Waals surface area (Å²) in [6.45, 7) is 0. The predicted octanol–water partition coefficient (Wildman–Crippen LogP) is 2.67. The molecule has 0 radical (unpaired) electrons. The van der Waals surface area contributed by atoms with Crippen LogP contribution in [0.3, 0.4) is 0 Å². The van der Waals surface area contributed by atoms with E-state index in [1.54, 1.807) is 0 Å². The zero-order chi connectivity index (χ0) is 11.7. The van der Waals surface area contributed by atoms with E-state index in [0.717, 1.165) is 23.3 Å². The molecular formula is C11H13Cl2N3. The van der Waals surface area contributed by atoms with Crippen LogP contribution in [0, 0.1) is 0 Å². The number of nitrogens with zero attached hydrogens (tertiary/aromatic N) is 3. The third kappa shape index (κ3) is 1.85. The van der Waals surface area contributed by atoms with Crippen LogP contribution >= 0.6 is 23.2 Å².